The highest BCUT2D eigenvalue weighted by molar-refractivity contribution is 5.26. The van der Waals surface area contributed by atoms with Gasteiger partial charge in [0.2, 0.25) is 11.7 Å². The SMILES string of the molecule is CCOC1(c2noc(C3C(C#N)C3(C)C)n2)CCOCC1. The van der Waals surface area contributed by atoms with Crippen molar-refractivity contribution in [2.45, 2.75) is 45.1 Å². The van der Waals surface area contributed by atoms with E-state index >= 15 is 0 Å². The van der Waals surface area contributed by atoms with Gasteiger partial charge in [-0.05, 0) is 12.3 Å². The molecule has 0 radical (unpaired) electrons. The van der Waals surface area contributed by atoms with Crippen molar-refractivity contribution in [1.82, 2.24) is 10.1 Å². The van der Waals surface area contributed by atoms with E-state index in [2.05, 4.69) is 30.1 Å². The van der Waals surface area contributed by atoms with E-state index in [9.17, 15) is 5.26 Å². The Balaban J connectivity index is 1.86. The van der Waals surface area contributed by atoms with Crippen LogP contribution in [0.5, 0.6) is 0 Å². The highest BCUT2D eigenvalue weighted by Gasteiger charge is 2.62. The van der Waals surface area contributed by atoms with Gasteiger partial charge in [0.15, 0.2) is 0 Å². The van der Waals surface area contributed by atoms with Gasteiger partial charge in [-0.1, -0.05) is 19.0 Å². The van der Waals surface area contributed by atoms with Crippen molar-refractivity contribution in [3.05, 3.63) is 11.7 Å². The summed E-state index contributed by atoms with van der Waals surface area (Å²) in [6, 6.07) is 2.32. The number of hydrogen-bond acceptors (Lipinski definition) is 6. The second kappa shape index (κ2) is 5.08. The van der Waals surface area contributed by atoms with Crippen LogP contribution in [0.4, 0.5) is 0 Å². The molecule has 6 nitrogen and oxygen atoms in total. The van der Waals surface area contributed by atoms with Crippen LogP contribution in [0, 0.1) is 22.7 Å². The van der Waals surface area contributed by atoms with Gasteiger partial charge >= 0.3 is 0 Å². The average molecular weight is 291 g/mol. The van der Waals surface area contributed by atoms with Crippen LogP contribution < -0.4 is 0 Å². The molecule has 1 aliphatic carbocycles. The molecule has 0 N–H and O–H groups in total. The number of nitriles is 1. The molecule has 0 amide bonds. The molecule has 2 fully saturated rings. The van der Waals surface area contributed by atoms with E-state index in [1.54, 1.807) is 0 Å². The molecule has 1 saturated heterocycles. The first kappa shape index (κ1) is 14.5. The molecule has 21 heavy (non-hydrogen) atoms. The Labute approximate surface area is 124 Å². The zero-order valence-electron chi connectivity index (χ0n) is 12.8. The fourth-order valence-corrected chi connectivity index (χ4v) is 3.30. The molecular formula is C15H21N3O3. The van der Waals surface area contributed by atoms with Gasteiger partial charge in [0.1, 0.15) is 5.60 Å². The normalized spacial score (nSPS) is 29.8. The van der Waals surface area contributed by atoms with Crippen molar-refractivity contribution in [1.29, 1.82) is 5.26 Å². The Hall–Kier alpha value is -1.45. The summed E-state index contributed by atoms with van der Waals surface area (Å²) in [4.78, 5) is 4.57. The van der Waals surface area contributed by atoms with Crippen molar-refractivity contribution in [2.24, 2.45) is 11.3 Å². The fraction of sp³-hybridized carbons (Fsp3) is 0.800. The van der Waals surface area contributed by atoms with Crippen molar-refractivity contribution in [3.8, 4) is 6.07 Å². The number of aromatic nitrogens is 2. The fourth-order valence-electron chi connectivity index (χ4n) is 3.30. The minimum absolute atomic E-state index is 0.0299. The Morgan fingerprint density at radius 1 is 1.38 bits per heavy atom. The van der Waals surface area contributed by atoms with Crippen LogP contribution in [0.3, 0.4) is 0 Å². The lowest BCUT2D eigenvalue weighted by molar-refractivity contribution is -0.118. The van der Waals surface area contributed by atoms with Crippen molar-refractivity contribution in [2.75, 3.05) is 19.8 Å². The maximum absolute atomic E-state index is 9.18. The lowest BCUT2D eigenvalue weighted by Crippen LogP contribution is -2.37. The quantitative estimate of drug-likeness (QED) is 0.847. The van der Waals surface area contributed by atoms with E-state index in [1.807, 2.05) is 6.92 Å². The van der Waals surface area contributed by atoms with E-state index in [1.165, 1.54) is 0 Å². The predicted octanol–water partition coefficient (Wildman–Crippen LogP) is 2.37. The molecule has 1 aromatic rings. The first-order valence-electron chi connectivity index (χ1n) is 7.50. The smallest absolute Gasteiger partial charge is 0.231 e. The van der Waals surface area contributed by atoms with Gasteiger partial charge in [-0.15, -0.1) is 0 Å². The summed E-state index contributed by atoms with van der Waals surface area (Å²) < 4.78 is 16.8. The summed E-state index contributed by atoms with van der Waals surface area (Å²) in [5.41, 5.74) is -0.594. The molecule has 1 saturated carbocycles. The minimum atomic E-state index is -0.504. The van der Waals surface area contributed by atoms with Crippen LogP contribution in [-0.4, -0.2) is 30.0 Å². The molecular weight excluding hydrogens is 270 g/mol. The third-order valence-electron chi connectivity index (χ3n) is 4.80. The number of hydrogen-bond donors (Lipinski definition) is 0. The Bertz CT molecular complexity index is 549. The van der Waals surface area contributed by atoms with E-state index in [-0.39, 0.29) is 17.3 Å². The summed E-state index contributed by atoms with van der Waals surface area (Å²) >= 11 is 0. The molecule has 2 aliphatic rings. The molecule has 6 heteroatoms. The lowest BCUT2D eigenvalue weighted by atomic mass is 9.93. The molecule has 1 aliphatic heterocycles. The summed E-state index contributed by atoms with van der Waals surface area (Å²) in [7, 11) is 0. The van der Waals surface area contributed by atoms with Crippen LogP contribution in [0.1, 0.15) is 51.2 Å². The summed E-state index contributed by atoms with van der Waals surface area (Å²) in [6.07, 6.45) is 1.46. The standard InChI is InChI=1S/C15H21N3O3/c1-4-20-15(5-7-19-8-6-15)13-17-12(21-18-13)11-10(9-16)14(11,2)3/h10-11H,4-8H2,1-3H3. The molecule has 0 aromatic carbocycles. The number of ether oxygens (including phenoxy) is 2. The Morgan fingerprint density at radius 2 is 2.10 bits per heavy atom. The van der Waals surface area contributed by atoms with Gasteiger partial charge in [-0.2, -0.15) is 10.2 Å². The maximum Gasteiger partial charge on any atom is 0.231 e. The third kappa shape index (κ3) is 2.25. The predicted molar refractivity (Wildman–Crippen MR) is 73.3 cm³/mol. The zero-order chi connectivity index (χ0) is 15.1. The first-order chi connectivity index (χ1) is 10.0. The lowest BCUT2D eigenvalue weighted by Gasteiger charge is -2.33. The molecule has 3 rings (SSSR count). The van der Waals surface area contributed by atoms with Crippen LogP contribution in [0.2, 0.25) is 0 Å². The van der Waals surface area contributed by atoms with Crippen LogP contribution in [-0.2, 0) is 15.1 Å². The summed E-state index contributed by atoms with van der Waals surface area (Å²) in [5.74, 6) is 1.14. The van der Waals surface area contributed by atoms with Gasteiger partial charge < -0.3 is 14.0 Å². The van der Waals surface area contributed by atoms with E-state index in [0.717, 1.165) is 12.8 Å². The van der Waals surface area contributed by atoms with Crippen LogP contribution >= 0.6 is 0 Å². The molecule has 114 valence electrons. The molecule has 2 unspecified atom stereocenters. The minimum Gasteiger partial charge on any atom is -0.381 e. The number of nitrogens with zero attached hydrogens (tertiary/aromatic N) is 3. The van der Waals surface area contributed by atoms with Gasteiger partial charge in [-0.25, -0.2) is 0 Å². The molecule has 0 spiro atoms. The van der Waals surface area contributed by atoms with Gasteiger partial charge in [-0.3, -0.25) is 0 Å². The number of rotatable bonds is 4. The van der Waals surface area contributed by atoms with Gasteiger partial charge in [0.05, 0.1) is 17.9 Å². The monoisotopic (exact) mass is 291 g/mol. The molecule has 2 heterocycles. The largest absolute Gasteiger partial charge is 0.381 e. The average Bonchev–Trinajstić information content (AvgIpc) is 2.84. The first-order valence-corrected chi connectivity index (χ1v) is 7.50. The molecule has 0 bridgehead atoms. The van der Waals surface area contributed by atoms with Crippen LogP contribution in [0.15, 0.2) is 4.52 Å². The topological polar surface area (TPSA) is 81.2 Å². The van der Waals surface area contributed by atoms with Gasteiger partial charge in [0.25, 0.3) is 0 Å². The van der Waals surface area contributed by atoms with Crippen molar-refractivity contribution in [3.63, 3.8) is 0 Å². The summed E-state index contributed by atoms with van der Waals surface area (Å²) in [6.45, 7) is 7.96. The second-order valence-corrected chi connectivity index (χ2v) is 6.40. The van der Waals surface area contributed by atoms with E-state index in [4.69, 9.17) is 14.0 Å². The zero-order valence-corrected chi connectivity index (χ0v) is 12.8. The van der Waals surface area contributed by atoms with Gasteiger partial charge in [0, 0.05) is 32.7 Å². The summed E-state index contributed by atoms with van der Waals surface area (Å²) in [5, 5.41) is 13.3. The van der Waals surface area contributed by atoms with E-state index < -0.39 is 5.60 Å². The third-order valence-corrected chi connectivity index (χ3v) is 4.80. The highest BCUT2D eigenvalue weighted by Crippen LogP contribution is 2.63. The van der Waals surface area contributed by atoms with Crippen molar-refractivity contribution >= 4 is 0 Å². The Morgan fingerprint density at radius 3 is 2.67 bits per heavy atom. The molecule has 1 aromatic heterocycles. The van der Waals surface area contributed by atoms with Crippen molar-refractivity contribution < 1.29 is 14.0 Å². The maximum atomic E-state index is 9.18. The second-order valence-electron chi connectivity index (χ2n) is 6.40. The Kier molecular flexibility index (Phi) is 3.50. The van der Waals surface area contributed by atoms with E-state index in [0.29, 0.717) is 31.5 Å². The molecule has 2 atom stereocenters. The highest BCUT2D eigenvalue weighted by atomic mass is 16.5. The van der Waals surface area contributed by atoms with Crippen LogP contribution in [0.25, 0.3) is 0 Å².